The molecule has 0 spiro atoms. The first kappa shape index (κ1) is 21.4. The highest BCUT2D eigenvalue weighted by Gasteiger charge is 2.42. The molecular formula is C28H28N4S. The first-order valence-electron chi connectivity index (χ1n) is 11.3. The molecule has 0 unspecified atom stereocenters. The summed E-state index contributed by atoms with van der Waals surface area (Å²) in [5, 5.41) is 4.29. The molecule has 0 aliphatic carbocycles. The van der Waals surface area contributed by atoms with Gasteiger partial charge in [-0.05, 0) is 99.1 Å². The van der Waals surface area contributed by atoms with E-state index in [2.05, 4.69) is 102 Å². The van der Waals surface area contributed by atoms with Gasteiger partial charge in [-0.15, -0.1) is 0 Å². The molecule has 2 aromatic carbocycles. The van der Waals surface area contributed by atoms with Crippen molar-refractivity contribution >= 4 is 23.0 Å². The molecule has 4 nitrogen and oxygen atoms in total. The van der Waals surface area contributed by atoms with Crippen LogP contribution < -0.4 is 10.2 Å². The Morgan fingerprint density at radius 1 is 0.818 bits per heavy atom. The van der Waals surface area contributed by atoms with Crippen molar-refractivity contribution in [1.29, 1.82) is 0 Å². The zero-order valence-corrected chi connectivity index (χ0v) is 20.2. The Kier molecular flexibility index (Phi) is 5.51. The monoisotopic (exact) mass is 452 g/mol. The molecule has 4 aromatic rings. The number of para-hydroxylation sites is 1. The van der Waals surface area contributed by atoms with Crippen LogP contribution in [0.5, 0.6) is 0 Å². The second-order valence-corrected chi connectivity index (χ2v) is 9.23. The van der Waals surface area contributed by atoms with Crippen molar-refractivity contribution in [1.82, 2.24) is 14.9 Å². The van der Waals surface area contributed by atoms with E-state index in [0.29, 0.717) is 0 Å². The van der Waals surface area contributed by atoms with E-state index in [4.69, 9.17) is 12.2 Å². The molecule has 2 aromatic heterocycles. The number of anilines is 1. The fourth-order valence-electron chi connectivity index (χ4n) is 5.10. The van der Waals surface area contributed by atoms with Crippen LogP contribution in [0.15, 0.2) is 79.0 Å². The molecule has 1 aliphatic rings. The SMILES string of the molecule is Cc1cc(C)cc(-n2c(C)cc([C@H]3[C@@H](c4ccccn4)NC(=S)N3c3ccccc3)c2C)c1. The standard InChI is InChI=1S/C28H28N4S/c1-18-14-19(2)16-23(15-18)31-20(3)17-24(21(31)4)27-26(25-12-8-9-13-29-25)30-28(33)32(27)22-10-6-5-7-11-22/h5-17,26-27H,1-4H3,(H,30,33)/t26-,27+/m1/s1. The van der Waals surface area contributed by atoms with Gasteiger partial charge < -0.3 is 14.8 Å². The summed E-state index contributed by atoms with van der Waals surface area (Å²) in [6.45, 7) is 8.69. The van der Waals surface area contributed by atoms with E-state index in [1.807, 2.05) is 24.4 Å². The molecule has 2 atom stereocenters. The number of hydrogen-bond donors (Lipinski definition) is 1. The van der Waals surface area contributed by atoms with Crippen molar-refractivity contribution in [3.05, 3.63) is 113 Å². The van der Waals surface area contributed by atoms with Crippen LogP contribution in [-0.4, -0.2) is 14.7 Å². The maximum absolute atomic E-state index is 5.87. The van der Waals surface area contributed by atoms with Crippen LogP contribution in [0, 0.1) is 27.7 Å². The molecule has 5 heteroatoms. The second kappa shape index (κ2) is 8.49. The Hall–Kier alpha value is -3.44. The summed E-state index contributed by atoms with van der Waals surface area (Å²) in [7, 11) is 0. The van der Waals surface area contributed by atoms with Crippen molar-refractivity contribution in [2.24, 2.45) is 0 Å². The minimum atomic E-state index is -0.0490. The predicted molar refractivity (Wildman–Crippen MR) is 139 cm³/mol. The third-order valence-electron chi connectivity index (χ3n) is 6.39. The first-order chi connectivity index (χ1) is 15.9. The normalized spacial score (nSPS) is 17.9. The van der Waals surface area contributed by atoms with Gasteiger partial charge in [0.25, 0.3) is 0 Å². The van der Waals surface area contributed by atoms with E-state index in [0.717, 1.165) is 16.5 Å². The third-order valence-corrected chi connectivity index (χ3v) is 6.70. The second-order valence-electron chi connectivity index (χ2n) is 8.84. The van der Waals surface area contributed by atoms with Crippen LogP contribution in [0.3, 0.4) is 0 Å². The Balaban J connectivity index is 1.69. The Labute approximate surface area is 200 Å². The highest BCUT2D eigenvalue weighted by Crippen LogP contribution is 2.43. The maximum Gasteiger partial charge on any atom is 0.174 e. The van der Waals surface area contributed by atoms with Gasteiger partial charge in [0.05, 0.1) is 17.8 Å². The molecule has 1 fully saturated rings. The van der Waals surface area contributed by atoms with Gasteiger partial charge in [-0.3, -0.25) is 4.98 Å². The van der Waals surface area contributed by atoms with Crippen molar-refractivity contribution in [2.45, 2.75) is 39.8 Å². The zero-order valence-electron chi connectivity index (χ0n) is 19.4. The van der Waals surface area contributed by atoms with E-state index in [-0.39, 0.29) is 12.1 Å². The van der Waals surface area contributed by atoms with Crippen LogP contribution in [0.1, 0.15) is 45.9 Å². The predicted octanol–water partition coefficient (Wildman–Crippen LogP) is 6.28. The number of rotatable bonds is 4. The molecule has 5 rings (SSSR count). The number of hydrogen-bond acceptors (Lipinski definition) is 2. The average molecular weight is 453 g/mol. The molecular weight excluding hydrogens is 424 g/mol. The molecule has 1 aliphatic heterocycles. The lowest BCUT2D eigenvalue weighted by Crippen LogP contribution is -2.29. The van der Waals surface area contributed by atoms with Crippen LogP contribution >= 0.6 is 12.2 Å². The molecule has 3 heterocycles. The van der Waals surface area contributed by atoms with Gasteiger partial charge in [-0.25, -0.2) is 0 Å². The number of nitrogens with one attached hydrogen (secondary N) is 1. The highest BCUT2D eigenvalue weighted by molar-refractivity contribution is 7.80. The number of nitrogens with zero attached hydrogens (tertiary/aromatic N) is 3. The maximum atomic E-state index is 5.87. The number of pyridine rings is 1. The Morgan fingerprint density at radius 3 is 2.18 bits per heavy atom. The Bertz CT molecular complexity index is 1290. The largest absolute Gasteiger partial charge is 0.351 e. The lowest BCUT2D eigenvalue weighted by Gasteiger charge is -2.28. The van der Waals surface area contributed by atoms with Crippen molar-refractivity contribution < 1.29 is 0 Å². The van der Waals surface area contributed by atoms with E-state index in [9.17, 15) is 0 Å². The minimum Gasteiger partial charge on any atom is -0.351 e. The molecule has 166 valence electrons. The van der Waals surface area contributed by atoms with Crippen LogP contribution in [0.4, 0.5) is 5.69 Å². The minimum absolute atomic E-state index is 0.0133. The van der Waals surface area contributed by atoms with Crippen LogP contribution in [-0.2, 0) is 0 Å². The van der Waals surface area contributed by atoms with E-state index in [1.165, 1.54) is 33.8 Å². The Morgan fingerprint density at radius 2 is 1.52 bits per heavy atom. The van der Waals surface area contributed by atoms with Gasteiger partial charge >= 0.3 is 0 Å². The summed E-state index contributed by atoms with van der Waals surface area (Å²) >= 11 is 5.87. The third kappa shape index (κ3) is 3.83. The molecule has 0 radical (unpaired) electrons. The summed E-state index contributed by atoms with van der Waals surface area (Å²) in [5.74, 6) is 0. The van der Waals surface area contributed by atoms with Gasteiger partial charge in [-0.2, -0.15) is 0 Å². The van der Waals surface area contributed by atoms with Crippen molar-refractivity contribution in [3.63, 3.8) is 0 Å². The van der Waals surface area contributed by atoms with Crippen LogP contribution in [0.2, 0.25) is 0 Å². The summed E-state index contributed by atoms with van der Waals surface area (Å²) < 4.78 is 2.36. The lowest BCUT2D eigenvalue weighted by molar-refractivity contribution is 0.565. The van der Waals surface area contributed by atoms with E-state index in [1.54, 1.807) is 0 Å². The van der Waals surface area contributed by atoms with Gasteiger partial charge in [0, 0.05) is 29.0 Å². The zero-order chi connectivity index (χ0) is 23.1. The van der Waals surface area contributed by atoms with Crippen LogP contribution in [0.25, 0.3) is 5.69 Å². The number of benzene rings is 2. The number of aryl methyl sites for hydroxylation is 3. The molecule has 0 bridgehead atoms. The fraction of sp³-hybridized carbons (Fsp3) is 0.214. The highest BCUT2D eigenvalue weighted by atomic mass is 32.1. The lowest BCUT2D eigenvalue weighted by atomic mass is 9.96. The van der Waals surface area contributed by atoms with Gasteiger partial charge in [0.15, 0.2) is 5.11 Å². The van der Waals surface area contributed by atoms with Gasteiger partial charge in [-0.1, -0.05) is 30.3 Å². The van der Waals surface area contributed by atoms with Crippen molar-refractivity contribution in [2.75, 3.05) is 4.90 Å². The average Bonchev–Trinajstić information content (AvgIpc) is 3.29. The summed E-state index contributed by atoms with van der Waals surface area (Å²) in [6, 6.07) is 25.4. The van der Waals surface area contributed by atoms with Crippen molar-refractivity contribution in [3.8, 4) is 5.69 Å². The number of aromatic nitrogens is 2. The van der Waals surface area contributed by atoms with Gasteiger partial charge in [0.2, 0.25) is 0 Å². The summed E-state index contributed by atoms with van der Waals surface area (Å²) in [6.07, 6.45) is 1.85. The molecule has 33 heavy (non-hydrogen) atoms. The topological polar surface area (TPSA) is 33.1 Å². The molecule has 0 saturated carbocycles. The molecule has 1 N–H and O–H groups in total. The molecule has 0 amide bonds. The molecule has 1 saturated heterocycles. The first-order valence-corrected chi connectivity index (χ1v) is 11.7. The van der Waals surface area contributed by atoms with E-state index >= 15 is 0 Å². The van der Waals surface area contributed by atoms with Gasteiger partial charge in [0.1, 0.15) is 0 Å². The number of thiocarbonyl (C=S) groups is 1. The van der Waals surface area contributed by atoms with E-state index < -0.39 is 0 Å². The summed E-state index contributed by atoms with van der Waals surface area (Å²) in [5.41, 5.74) is 9.46. The fourth-order valence-corrected chi connectivity index (χ4v) is 5.45. The quantitative estimate of drug-likeness (QED) is 0.369. The smallest absolute Gasteiger partial charge is 0.174 e. The summed E-state index contributed by atoms with van der Waals surface area (Å²) in [4.78, 5) is 6.92.